The topological polar surface area (TPSA) is 131 Å². The monoisotopic (exact) mass is 276 g/mol. The number of carbonyl (C=O) groups excluding carboxylic acids is 1. The van der Waals surface area contributed by atoms with E-state index in [4.69, 9.17) is 20.4 Å². The normalized spacial score (nSPS) is 16.7. The van der Waals surface area contributed by atoms with Gasteiger partial charge >= 0.3 is 0 Å². The van der Waals surface area contributed by atoms with Gasteiger partial charge in [-0.1, -0.05) is 6.92 Å². The second-order valence-corrected chi connectivity index (χ2v) is 3.79. The molecule has 5 N–H and O–H groups in total. The van der Waals surface area contributed by atoms with Gasteiger partial charge in [-0.2, -0.15) is 0 Å². The number of Topliss-reactive ketones (excluding diaryl/α,β-unsaturated/α-hetero) is 1. The number of aliphatic hydroxyl groups is 5. The Morgan fingerprint density at radius 3 is 1.95 bits per heavy atom. The van der Waals surface area contributed by atoms with E-state index in [1.165, 1.54) is 6.92 Å². The highest BCUT2D eigenvalue weighted by atomic mass is 16.4. The molecule has 0 saturated carbocycles. The molecule has 0 aromatic carbocycles. The Hall–Kier alpha value is -1.25. The first-order chi connectivity index (χ1) is 8.95. The predicted molar refractivity (Wildman–Crippen MR) is 65.1 cm³/mol. The van der Waals surface area contributed by atoms with Gasteiger partial charge in [-0.05, 0) is 12.1 Å². The van der Waals surface area contributed by atoms with E-state index in [1.54, 1.807) is 12.5 Å². The minimum Gasteiger partial charge on any atom is -0.473 e. The van der Waals surface area contributed by atoms with E-state index in [0.29, 0.717) is 0 Å². The van der Waals surface area contributed by atoms with E-state index in [1.807, 2.05) is 12.1 Å². The zero-order valence-corrected chi connectivity index (χ0v) is 10.6. The van der Waals surface area contributed by atoms with Gasteiger partial charge in [0.25, 0.3) is 0 Å². The van der Waals surface area contributed by atoms with Crippen molar-refractivity contribution >= 4 is 5.78 Å². The predicted octanol–water partition coefficient (Wildman–Crippen LogP) is -1.32. The fraction of sp³-hybridized carbons (Fsp3) is 0.583. The number of hydrogen-bond donors (Lipinski definition) is 5. The van der Waals surface area contributed by atoms with Crippen LogP contribution in [0.4, 0.5) is 0 Å². The van der Waals surface area contributed by atoms with Crippen LogP contribution in [0.25, 0.3) is 0 Å². The number of hydrogen-bond acceptors (Lipinski definition) is 7. The smallest absolute Gasteiger partial charge is 0.163 e. The summed E-state index contributed by atoms with van der Waals surface area (Å²) >= 11 is 0. The third kappa shape index (κ3) is 6.46. The highest BCUT2D eigenvalue weighted by Gasteiger charge is 2.32. The van der Waals surface area contributed by atoms with Crippen LogP contribution in [0.3, 0.4) is 0 Å². The van der Waals surface area contributed by atoms with E-state index >= 15 is 0 Å². The first-order valence-corrected chi connectivity index (χ1v) is 5.78. The molecule has 0 saturated heterocycles. The maximum Gasteiger partial charge on any atom is 0.163 e. The molecule has 1 rings (SSSR count). The van der Waals surface area contributed by atoms with Crippen LogP contribution in [0.2, 0.25) is 0 Å². The van der Waals surface area contributed by atoms with E-state index in [9.17, 15) is 9.90 Å². The Morgan fingerprint density at radius 2 is 1.63 bits per heavy atom. The summed E-state index contributed by atoms with van der Waals surface area (Å²) in [4.78, 5) is 10.9. The lowest BCUT2D eigenvalue weighted by atomic mass is 9.99. The van der Waals surface area contributed by atoms with Crippen molar-refractivity contribution in [3.05, 3.63) is 24.7 Å². The summed E-state index contributed by atoms with van der Waals surface area (Å²) in [6, 6.07) is 3.67. The third-order valence-corrected chi connectivity index (χ3v) is 2.36. The van der Waals surface area contributed by atoms with Gasteiger partial charge in [-0.3, -0.25) is 4.79 Å². The van der Waals surface area contributed by atoms with Crippen molar-refractivity contribution in [3.8, 4) is 0 Å². The van der Waals surface area contributed by atoms with Gasteiger partial charge in [-0.15, -0.1) is 0 Å². The standard InChI is InChI=1S/C8H16O6.C4H4O/c1-2-4(10)6(12)8(14)7(13)5(11)3-9;1-2-4-5-3-1/h5-9,11-14H,2-3H2,1H3;1-4H. The van der Waals surface area contributed by atoms with Crippen molar-refractivity contribution in [1.82, 2.24) is 0 Å². The van der Waals surface area contributed by atoms with Crippen LogP contribution in [0.5, 0.6) is 0 Å². The van der Waals surface area contributed by atoms with Crippen LogP contribution < -0.4 is 0 Å². The summed E-state index contributed by atoms with van der Waals surface area (Å²) in [6.07, 6.45) is -3.59. The molecule has 0 aliphatic carbocycles. The van der Waals surface area contributed by atoms with Gasteiger partial charge in [-0.25, -0.2) is 0 Å². The molecule has 7 heteroatoms. The summed E-state index contributed by atoms with van der Waals surface area (Å²) < 4.78 is 4.58. The van der Waals surface area contributed by atoms with E-state index < -0.39 is 36.8 Å². The third-order valence-electron chi connectivity index (χ3n) is 2.36. The molecule has 0 fully saturated rings. The molecule has 0 radical (unpaired) electrons. The molecule has 110 valence electrons. The molecule has 1 aromatic heterocycles. The Balaban J connectivity index is 0.000000532. The Labute approximate surface area is 110 Å². The zero-order valence-electron chi connectivity index (χ0n) is 10.6. The van der Waals surface area contributed by atoms with Crippen molar-refractivity contribution in [2.24, 2.45) is 0 Å². The van der Waals surface area contributed by atoms with Gasteiger partial charge in [0, 0.05) is 6.42 Å². The average Bonchev–Trinajstić information content (AvgIpc) is 3.02. The fourth-order valence-corrected chi connectivity index (χ4v) is 1.15. The highest BCUT2D eigenvalue weighted by Crippen LogP contribution is 2.07. The summed E-state index contributed by atoms with van der Waals surface area (Å²) in [7, 11) is 0. The largest absolute Gasteiger partial charge is 0.473 e. The van der Waals surface area contributed by atoms with Gasteiger partial charge in [0.1, 0.15) is 24.4 Å². The van der Waals surface area contributed by atoms with Crippen LogP contribution in [-0.4, -0.2) is 62.3 Å². The lowest BCUT2D eigenvalue weighted by Crippen LogP contribution is -2.48. The second-order valence-electron chi connectivity index (χ2n) is 3.79. The van der Waals surface area contributed by atoms with E-state index in [2.05, 4.69) is 4.42 Å². The van der Waals surface area contributed by atoms with Crippen LogP contribution in [0, 0.1) is 0 Å². The van der Waals surface area contributed by atoms with Gasteiger partial charge < -0.3 is 29.9 Å². The minimum atomic E-state index is -1.79. The molecule has 1 heterocycles. The number of aliphatic hydroxyl groups excluding tert-OH is 5. The van der Waals surface area contributed by atoms with Crippen molar-refractivity contribution in [2.45, 2.75) is 37.8 Å². The molecule has 7 nitrogen and oxygen atoms in total. The molecule has 0 aliphatic heterocycles. The van der Waals surface area contributed by atoms with Gasteiger partial charge in [0.2, 0.25) is 0 Å². The molecule has 0 spiro atoms. The van der Waals surface area contributed by atoms with Crippen LogP contribution >= 0.6 is 0 Å². The number of rotatable bonds is 6. The molecule has 0 bridgehead atoms. The quantitative estimate of drug-likeness (QED) is 0.435. The number of carbonyl (C=O) groups is 1. The number of ketones is 1. The average molecular weight is 276 g/mol. The summed E-state index contributed by atoms with van der Waals surface area (Å²) in [5.74, 6) is -0.637. The molecular weight excluding hydrogens is 256 g/mol. The van der Waals surface area contributed by atoms with Gasteiger partial charge in [0.05, 0.1) is 19.1 Å². The Kier molecular flexibility index (Phi) is 9.02. The first kappa shape index (κ1) is 17.8. The summed E-state index contributed by atoms with van der Waals surface area (Å²) in [6.45, 7) is 0.735. The summed E-state index contributed by atoms with van der Waals surface area (Å²) in [5, 5.41) is 44.8. The van der Waals surface area contributed by atoms with Crippen molar-refractivity contribution in [1.29, 1.82) is 0 Å². The van der Waals surface area contributed by atoms with Crippen molar-refractivity contribution in [2.75, 3.05) is 6.61 Å². The molecule has 1 aromatic rings. The van der Waals surface area contributed by atoms with Crippen molar-refractivity contribution < 1.29 is 34.7 Å². The molecule has 0 aliphatic rings. The molecule has 4 unspecified atom stereocenters. The minimum absolute atomic E-state index is 0.0141. The summed E-state index contributed by atoms with van der Waals surface area (Å²) in [5.41, 5.74) is 0. The lowest BCUT2D eigenvalue weighted by molar-refractivity contribution is -0.146. The Bertz CT molecular complexity index is 308. The fourth-order valence-electron chi connectivity index (χ4n) is 1.15. The van der Waals surface area contributed by atoms with Gasteiger partial charge in [0.15, 0.2) is 5.78 Å². The molecular formula is C12H20O7. The maximum atomic E-state index is 10.9. The van der Waals surface area contributed by atoms with Crippen molar-refractivity contribution in [3.63, 3.8) is 0 Å². The second kappa shape index (κ2) is 9.65. The molecule has 19 heavy (non-hydrogen) atoms. The molecule has 4 atom stereocenters. The first-order valence-electron chi connectivity index (χ1n) is 5.78. The highest BCUT2D eigenvalue weighted by molar-refractivity contribution is 5.83. The van der Waals surface area contributed by atoms with Crippen LogP contribution in [-0.2, 0) is 4.79 Å². The van der Waals surface area contributed by atoms with E-state index in [-0.39, 0.29) is 6.42 Å². The SMILES string of the molecule is CCC(=O)C(O)C(O)C(O)C(O)CO.c1ccoc1. The number of furan rings is 1. The maximum absolute atomic E-state index is 10.9. The van der Waals surface area contributed by atoms with Crippen LogP contribution in [0.15, 0.2) is 29.1 Å². The zero-order chi connectivity index (χ0) is 14.8. The van der Waals surface area contributed by atoms with Crippen LogP contribution in [0.1, 0.15) is 13.3 Å². The molecule has 0 amide bonds. The van der Waals surface area contributed by atoms with E-state index in [0.717, 1.165) is 0 Å². The lowest BCUT2D eigenvalue weighted by Gasteiger charge is -2.24. The Morgan fingerprint density at radius 1 is 1.11 bits per heavy atom.